The molecule has 0 aliphatic carbocycles. The summed E-state index contributed by atoms with van der Waals surface area (Å²) in [6.07, 6.45) is 0. The van der Waals surface area contributed by atoms with Gasteiger partial charge in [-0.1, -0.05) is 0 Å². The van der Waals surface area contributed by atoms with Crippen LogP contribution < -0.4 is 10.2 Å². The van der Waals surface area contributed by atoms with Gasteiger partial charge < -0.3 is 10.2 Å². The molecule has 0 fully saturated rings. The van der Waals surface area contributed by atoms with Gasteiger partial charge in [0.25, 0.3) is 0 Å². The third-order valence-corrected chi connectivity index (χ3v) is 2.59. The van der Waals surface area contributed by atoms with E-state index < -0.39 is 11.6 Å². The zero-order chi connectivity index (χ0) is 13.1. The lowest BCUT2D eigenvalue weighted by atomic mass is 10.2. The van der Waals surface area contributed by atoms with Crippen LogP contribution >= 0.6 is 0 Å². The Morgan fingerprint density at radius 2 is 1.61 bits per heavy atom. The molecule has 0 aliphatic heterocycles. The Hall–Kier alpha value is -2.10. The fourth-order valence-electron chi connectivity index (χ4n) is 1.59. The predicted octanol–water partition coefficient (Wildman–Crippen LogP) is 3.77. The Balaban J connectivity index is 2.18. The molecule has 0 saturated heterocycles. The molecule has 2 rings (SSSR count). The lowest BCUT2D eigenvalue weighted by molar-refractivity contribution is 0.586. The molecular formula is C14H14F2N2. The second kappa shape index (κ2) is 5.04. The molecule has 94 valence electrons. The van der Waals surface area contributed by atoms with Gasteiger partial charge in [-0.3, -0.25) is 0 Å². The van der Waals surface area contributed by atoms with Gasteiger partial charge in [0.05, 0.1) is 5.69 Å². The van der Waals surface area contributed by atoms with E-state index in [0.717, 1.165) is 17.4 Å². The first kappa shape index (κ1) is 12.4. The number of anilines is 3. The zero-order valence-corrected chi connectivity index (χ0v) is 10.2. The van der Waals surface area contributed by atoms with Crippen molar-refractivity contribution in [1.82, 2.24) is 0 Å². The summed E-state index contributed by atoms with van der Waals surface area (Å²) >= 11 is 0. The van der Waals surface area contributed by atoms with Crippen molar-refractivity contribution in [3.8, 4) is 0 Å². The van der Waals surface area contributed by atoms with E-state index in [1.165, 1.54) is 12.1 Å². The van der Waals surface area contributed by atoms with Gasteiger partial charge >= 0.3 is 0 Å². The van der Waals surface area contributed by atoms with Crippen LogP contribution in [0.1, 0.15) is 0 Å². The van der Waals surface area contributed by atoms with Crippen LogP contribution in [0.15, 0.2) is 42.5 Å². The Morgan fingerprint density at radius 1 is 0.944 bits per heavy atom. The molecule has 0 spiro atoms. The molecule has 2 aromatic rings. The number of rotatable bonds is 3. The Morgan fingerprint density at radius 3 is 2.17 bits per heavy atom. The highest BCUT2D eigenvalue weighted by molar-refractivity contribution is 5.63. The van der Waals surface area contributed by atoms with Gasteiger partial charge in [0.1, 0.15) is 11.6 Å². The van der Waals surface area contributed by atoms with Crippen molar-refractivity contribution < 1.29 is 8.78 Å². The molecule has 0 saturated carbocycles. The number of hydrogen-bond donors (Lipinski definition) is 1. The van der Waals surface area contributed by atoms with Gasteiger partial charge in [-0.15, -0.1) is 0 Å². The third-order valence-electron chi connectivity index (χ3n) is 2.59. The predicted molar refractivity (Wildman–Crippen MR) is 70.4 cm³/mol. The van der Waals surface area contributed by atoms with Gasteiger partial charge in [-0.2, -0.15) is 0 Å². The van der Waals surface area contributed by atoms with E-state index in [1.807, 2.05) is 43.3 Å². The van der Waals surface area contributed by atoms with Crippen molar-refractivity contribution in [2.75, 3.05) is 24.3 Å². The SMILES string of the molecule is CN(C)c1ccc(Nc2ccc(F)cc2F)cc1. The molecule has 0 heterocycles. The molecule has 0 amide bonds. The van der Waals surface area contributed by atoms with Crippen LogP contribution in [0.2, 0.25) is 0 Å². The van der Waals surface area contributed by atoms with Gasteiger partial charge in [0.2, 0.25) is 0 Å². The van der Waals surface area contributed by atoms with Crippen molar-refractivity contribution in [1.29, 1.82) is 0 Å². The number of nitrogens with zero attached hydrogens (tertiary/aromatic N) is 1. The molecule has 0 aromatic heterocycles. The minimum absolute atomic E-state index is 0.258. The van der Waals surface area contributed by atoms with Crippen LogP contribution in [0.25, 0.3) is 0 Å². The molecule has 0 unspecified atom stereocenters. The highest BCUT2D eigenvalue weighted by Gasteiger charge is 2.04. The number of benzene rings is 2. The van der Waals surface area contributed by atoms with Crippen molar-refractivity contribution in [2.24, 2.45) is 0 Å². The van der Waals surface area contributed by atoms with E-state index in [1.54, 1.807) is 0 Å². The molecule has 0 aliphatic rings. The van der Waals surface area contributed by atoms with Crippen LogP contribution in [0.4, 0.5) is 25.8 Å². The summed E-state index contributed by atoms with van der Waals surface area (Å²) in [7, 11) is 3.89. The molecule has 0 bridgehead atoms. The topological polar surface area (TPSA) is 15.3 Å². The average molecular weight is 248 g/mol. The highest BCUT2D eigenvalue weighted by Crippen LogP contribution is 2.22. The van der Waals surface area contributed by atoms with Gasteiger partial charge in [0, 0.05) is 31.5 Å². The fourth-order valence-corrected chi connectivity index (χ4v) is 1.59. The van der Waals surface area contributed by atoms with Crippen LogP contribution in [-0.2, 0) is 0 Å². The summed E-state index contributed by atoms with van der Waals surface area (Å²) in [4.78, 5) is 1.97. The average Bonchev–Trinajstić information content (AvgIpc) is 2.33. The highest BCUT2D eigenvalue weighted by atomic mass is 19.1. The molecule has 1 N–H and O–H groups in total. The van der Waals surface area contributed by atoms with Crippen molar-refractivity contribution >= 4 is 17.1 Å². The summed E-state index contributed by atoms with van der Waals surface area (Å²) < 4.78 is 26.2. The summed E-state index contributed by atoms with van der Waals surface area (Å²) in [5.41, 5.74) is 2.07. The molecule has 2 aromatic carbocycles. The van der Waals surface area contributed by atoms with Crippen LogP contribution in [0.5, 0.6) is 0 Å². The maximum Gasteiger partial charge on any atom is 0.149 e. The van der Waals surface area contributed by atoms with E-state index in [0.29, 0.717) is 0 Å². The summed E-state index contributed by atoms with van der Waals surface area (Å²) in [5.74, 6) is -1.19. The minimum atomic E-state index is -0.605. The quantitative estimate of drug-likeness (QED) is 0.889. The van der Waals surface area contributed by atoms with E-state index in [4.69, 9.17) is 0 Å². The minimum Gasteiger partial charge on any atom is -0.378 e. The molecule has 0 radical (unpaired) electrons. The normalized spacial score (nSPS) is 10.2. The van der Waals surface area contributed by atoms with Crippen molar-refractivity contribution in [3.63, 3.8) is 0 Å². The Labute approximate surface area is 105 Å². The van der Waals surface area contributed by atoms with E-state index >= 15 is 0 Å². The Kier molecular flexibility index (Phi) is 3.46. The second-order valence-corrected chi connectivity index (χ2v) is 4.19. The van der Waals surface area contributed by atoms with Gasteiger partial charge in [-0.25, -0.2) is 8.78 Å². The Bertz CT molecular complexity index is 536. The standard InChI is InChI=1S/C14H14F2N2/c1-18(2)12-6-4-11(5-7-12)17-14-8-3-10(15)9-13(14)16/h3-9,17H,1-2H3. The maximum absolute atomic E-state index is 13.4. The number of nitrogens with one attached hydrogen (secondary N) is 1. The lowest BCUT2D eigenvalue weighted by Crippen LogP contribution is -2.08. The summed E-state index contributed by atoms with van der Waals surface area (Å²) in [6.45, 7) is 0. The fraction of sp³-hybridized carbons (Fsp3) is 0.143. The summed E-state index contributed by atoms with van der Waals surface area (Å²) in [5, 5.41) is 2.91. The maximum atomic E-state index is 13.4. The summed E-state index contributed by atoms with van der Waals surface area (Å²) in [6, 6.07) is 11.0. The number of halogens is 2. The largest absolute Gasteiger partial charge is 0.378 e. The molecule has 18 heavy (non-hydrogen) atoms. The first-order chi connectivity index (χ1) is 8.56. The zero-order valence-electron chi connectivity index (χ0n) is 10.2. The van der Waals surface area contributed by atoms with E-state index in [9.17, 15) is 8.78 Å². The van der Waals surface area contributed by atoms with Crippen molar-refractivity contribution in [2.45, 2.75) is 0 Å². The monoisotopic (exact) mass is 248 g/mol. The van der Waals surface area contributed by atoms with Gasteiger partial charge in [0.15, 0.2) is 0 Å². The van der Waals surface area contributed by atoms with Crippen molar-refractivity contribution in [3.05, 3.63) is 54.1 Å². The van der Waals surface area contributed by atoms with Crippen LogP contribution in [0, 0.1) is 11.6 Å². The van der Waals surface area contributed by atoms with E-state index in [2.05, 4.69) is 5.32 Å². The first-order valence-electron chi connectivity index (χ1n) is 5.56. The molecule has 2 nitrogen and oxygen atoms in total. The first-order valence-corrected chi connectivity index (χ1v) is 5.56. The second-order valence-electron chi connectivity index (χ2n) is 4.19. The lowest BCUT2D eigenvalue weighted by Gasteiger charge is -2.13. The van der Waals surface area contributed by atoms with Crippen LogP contribution in [0.3, 0.4) is 0 Å². The van der Waals surface area contributed by atoms with Gasteiger partial charge in [-0.05, 0) is 36.4 Å². The van der Waals surface area contributed by atoms with Crippen LogP contribution in [-0.4, -0.2) is 14.1 Å². The molecule has 0 atom stereocenters. The third kappa shape index (κ3) is 2.77. The van der Waals surface area contributed by atoms with E-state index in [-0.39, 0.29) is 5.69 Å². The smallest absolute Gasteiger partial charge is 0.149 e. The number of hydrogen-bond acceptors (Lipinski definition) is 2. The molecular weight excluding hydrogens is 234 g/mol. The molecule has 4 heteroatoms.